The monoisotopic (exact) mass is 367 g/mol. The predicted octanol–water partition coefficient (Wildman–Crippen LogP) is 4.97. The number of nitrogens with one attached hydrogen (secondary N) is 1. The number of hydrogen-bond acceptors (Lipinski definition) is 2. The second kappa shape index (κ2) is 6.65. The fraction of sp³-hybridized carbons (Fsp3) is 0.250. The molecule has 1 unspecified atom stereocenters. The zero-order chi connectivity index (χ0) is 17.4. The Hall–Kier alpha value is -2.11. The lowest BCUT2D eigenvalue weighted by molar-refractivity contribution is 0.297. The lowest BCUT2D eigenvalue weighted by Crippen LogP contribution is -2.44. The topological polar surface area (TPSA) is 20.2 Å². The Morgan fingerprint density at radius 2 is 2.00 bits per heavy atom. The first-order chi connectivity index (χ1) is 12.1. The highest BCUT2D eigenvalue weighted by Crippen LogP contribution is 2.35. The van der Waals surface area contributed by atoms with Crippen molar-refractivity contribution in [1.29, 1.82) is 0 Å². The predicted molar refractivity (Wildman–Crippen MR) is 109 cm³/mol. The highest BCUT2D eigenvalue weighted by molar-refractivity contribution is 7.80. The Bertz CT molecular complexity index is 896. The van der Waals surface area contributed by atoms with Gasteiger partial charge in [0.1, 0.15) is 6.04 Å². The van der Waals surface area contributed by atoms with Crippen LogP contribution in [0.25, 0.3) is 0 Å². The average Bonchev–Trinajstić information content (AvgIpc) is 3.29. The van der Waals surface area contributed by atoms with Crippen molar-refractivity contribution in [2.45, 2.75) is 26.4 Å². The number of aromatic nitrogens is 1. The molecule has 1 aliphatic heterocycles. The summed E-state index contributed by atoms with van der Waals surface area (Å²) in [5, 5.41) is 6.42. The van der Waals surface area contributed by atoms with Gasteiger partial charge in [0.15, 0.2) is 5.11 Å². The molecule has 1 aromatic carbocycles. The van der Waals surface area contributed by atoms with Gasteiger partial charge in [-0.1, -0.05) is 18.2 Å². The molecule has 3 nitrogen and oxygen atoms in total. The molecule has 0 aliphatic carbocycles. The van der Waals surface area contributed by atoms with Gasteiger partial charge >= 0.3 is 0 Å². The van der Waals surface area contributed by atoms with Crippen LogP contribution in [0, 0.1) is 13.8 Å². The van der Waals surface area contributed by atoms with Crippen LogP contribution in [0.5, 0.6) is 0 Å². The van der Waals surface area contributed by atoms with E-state index in [1.807, 2.05) is 0 Å². The van der Waals surface area contributed by atoms with E-state index in [4.69, 9.17) is 12.2 Å². The van der Waals surface area contributed by atoms with Gasteiger partial charge in [0, 0.05) is 35.5 Å². The molecule has 0 saturated heterocycles. The van der Waals surface area contributed by atoms with Gasteiger partial charge in [-0.3, -0.25) is 0 Å². The van der Waals surface area contributed by atoms with E-state index in [2.05, 4.69) is 82.7 Å². The average molecular weight is 368 g/mol. The van der Waals surface area contributed by atoms with Gasteiger partial charge in [0.05, 0.1) is 0 Å². The quantitative estimate of drug-likeness (QED) is 0.646. The maximum Gasteiger partial charge on any atom is 0.174 e. The number of hydrogen-bond donors (Lipinski definition) is 1. The minimum absolute atomic E-state index is 0.175. The summed E-state index contributed by atoms with van der Waals surface area (Å²) in [6.45, 7) is 6.13. The molecule has 0 spiro atoms. The first-order valence-electron chi connectivity index (χ1n) is 8.47. The number of fused-ring (bicyclic) bond motifs is 1. The first kappa shape index (κ1) is 16.4. The molecule has 1 atom stereocenters. The summed E-state index contributed by atoms with van der Waals surface area (Å²) in [4.78, 5) is 3.64. The minimum Gasteiger partial charge on any atom is -0.347 e. The number of rotatable bonds is 2. The van der Waals surface area contributed by atoms with Crippen LogP contribution in [0.15, 0.2) is 54.0 Å². The van der Waals surface area contributed by atoms with Crippen LogP contribution in [0.2, 0.25) is 0 Å². The standard InChI is InChI=1S/C20H21N3S2/c1-14-6-3-7-16(15(14)2)21-20(24)23-12-11-22-10-4-8-17(22)19(23)18-9-5-13-25-18/h3-10,13,19H,11-12H2,1-2H3,(H,21,24). The molecule has 0 bridgehead atoms. The molecule has 3 heterocycles. The lowest BCUT2D eigenvalue weighted by Gasteiger charge is -2.38. The Balaban J connectivity index is 1.66. The van der Waals surface area contributed by atoms with Crippen molar-refractivity contribution in [2.75, 3.05) is 11.9 Å². The molecule has 5 heteroatoms. The largest absolute Gasteiger partial charge is 0.347 e. The molecule has 4 rings (SSSR count). The zero-order valence-electron chi connectivity index (χ0n) is 14.4. The molecule has 1 aliphatic rings. The third kappa shape index (κ3) is 2.98. The van der Waals surface area contributed by atoms with Gasteiger partial charge in [0.25, 0.3) is 0 Å². The fourth-order valence-electron chi connectivity index (χ4n) is 3.42. The van der Waals surface area contributed by atoms with Crippen molar-refractivity contribution >= 4 is 34.4 Å². The third-order valence-corrected chi connectivity index (χ3v) is 6.22. The summed E-state index contributed by atoms with van der Waals surface area (Å²) in [6, 6.07) is 15.1. The van der Waals surface area contributed by atoms with Crippen molar-refractivity contribution in [1.82, 2.24) is 9.47 Å². The molecule has 128 valence electrons. The summed E-state index contributed by atoms with van der Waals surface area (Å²) in [7, 11) is 0. The third-order valence-electron chi connectivity index (χ3n) is 4.96. The van der Waals surface area contributed by atoms with E-state index in [0.717, 1.165) is 23.9 Å². The second-order valence-electron chi connectivity index (χ2n) is 6.42. The van der Waals surface area contributed by atoms with Crippen LogP contribution in [-0.2, 0) is 6.54 Å². The van der Waals surface area contributed by atoms with E-state index in [9.17, 15) is 0 Å². The van der Waals surface area contributed by atoms with E-state index in [1.165, 1.54) is 21.7 Å². The normalized spacial score (nSPS) is 16.6. The Labute approximate surface area is 157 Å². The Kier molecular flexibility index (Phi) is 4.36. The van der Waals surface area contributed by atoms with Crippen LogP contribution < -0.4 is 5.32 Å². The first-order valence-corrected chi connectivity index (χ1v) is 9.76. The van der Waals surface area contributed by atoms with Crippen LogP contribution in [0.4, 0.5) is 5.69 Å². The lowest BCUT2D eigenvalue weighted by atomic mass is 10.1. The molecule has 0 amide bonds. The maximum absolute atomic E-state index is 5.82. The molecular weight excluding hydrogens is 346 g/mol. The number of aryl methyl sites for hydroxylation is 1. The van der Waals surface area contributed by atoms with Crippen molar-refractivity contribution in [3.63, 3.8) is 0 Å². The van der Waals surface area contributed by atoms with Crippen molar-refractivity contribution in [2.24, 2.45) is 0 Å². The van der Waals surface area contributed by atoms with Gasteiger partial charge in [-0.2, -0.15) is 0 Å². The van der Waals surface area contributed by atoms with Crippen LogP contribution in [0.1, 0.15) is 27.7 Å². The summed E-state index contributed by atoms with van der Waals surface area (Å²) in [5.41, 5.74) is 4.92. The second-order valence-corrected chi connectivity index (χ2v) is 7.78. The van der Waals surface area contributed by atoms with Gasteiger partial charge < -0.3 is 14.8 Å². The Morgan fingerprint density at radius 3 is 2.80 bits per heavy atom. The number of thiocarbonyl (C=S) groups is 1. The van der Waals surface area contributed by atoms with Gasteiger partial charge in [-0.25, -0.2) is 0 Å². The summed E-state index contributed by atoms with van der Waals surface area (Å²) in [6.07, 6.45) is 2.16. The maximum atomic E-state index is 5.82. The van der Waals surface area contributed by atoms with Crippen molar-refractivity contribution in [3.8, 4) is 0 Å². The number of nitrogens with zero attached hydrogens (tertiary/aromatic N) is 2. The van der Waals surface area contributed by atoms with Crippen LogP contribution in [0.3, 0.4) is 0 Å². The van der Waals surface area contributed by atoms with Crippen LogP contribution >= 0.6 is 23.6 Å². The highest BCUT2D eigenvalue weighted by Gasteiger charge is 2.31. The van der Waals surface area contributed by atoms with E-state index in [0.29, 0.717) is 0 Å². The minimum atomic E-state index is 0.175. The summed E-state index contributed by atoms with van der Waals surface area (Å²) >= 11 is 7.61. The van der Waals surface area contributed by atoms with Crippen molar-refractivity contribution in [3.05, 3.63) is 75.7 Å². The molecule has 0 radical (unpaired) electrons. The molecule has 0 saturated carbocycles. The molecule has 3 aromatic rings. The molecule has 0 fully saturated rings. The van der Waals surface area contributed by atoms with E-state index in [1.54, 1.807) is 11.3 Å². The van der Waals surface area contributed by atoms with Gasteiger partial charge in [-0.05, 0) is 66.8 Å². The summed E-state index contributed by atoms with van der Waals surface area (Å²) < 4.78 is 2.33. The SMILES string of the molecule is Cc1cccc(NC(=S)N2CCn3cccc3C2c2cccs2)c1C. The summed E-state index contributed by atoms with van der Waals surface area (Å²) in [5.74, 6) is 0. The van der Waals surface area contributed by atoms with Gasteiger partial charge in [0.2, 0.25) is 0 Å². The van der Waals surface area contributed by atoms with E-state index < -0.39 is 0 Å². The smallest absolute Gasteiger partial charge is 0.174 e. The number of anilines is 1. The van der Waals surface area contributed by atoms with Crippen molar-refractivity contribution < 1.29 is 0 Å². The van der Waals surface area contributed by atoms with E-state index >= 15 is 0 Å². The Morgan fingerprint density at radius 1 is 1.12 bits per heavy atom. The van der Waals surface area contributed by atoms with Gasteiger partial charge in [-0.15, -0.1) is 11.3 Å². The molecular formula is C20H21N3S2. The molecule has 2 aromatic heterocycles. The molecule has 1 N–H and O–H groups in total. The highest BCUT2D eigenvalue weighted by atomic mass is 32.1. The van der Waals surface area contributed by atoms with E-state index in [-0.39, 0.29) is 6.04 Å². The molecule has 25 heavy (non-hydrogen) atoms. The fourth-order valence-corrected chi connectivity index (χ4v) is 4.58. The number of thiophene rings is 1. The zero-order valence-corrected chi connectivity index (χ0v) is 16.0. The van der Waals surface area contributed by atoms with Crippen LogP contribution in [-0.4, -0.2) is 21.1 Å². The number of benzene rings is 1.